The summed E-state index contributed by atoms with van der Waals surface area (Å²) in [6.07, 6.45) is 4.58. The molecule has 1 heterocycles. The summed E-state index contributed by atoms with van der Waals surface area (Å²) >= 11 is 1.41. The van der Waals surface area contributed by atoms with Gasteiger partial charge in [-0.05, 0) is 55.4 Å². The number of thiazole rings is 1. The minimum atomic E-state index is -1.14. The molecule has 0 spiro atoms. The van der Waals surface area contributed by atoms with E-state index >= 15 is 0 Å². The molecule has 1 aromatic heterocycles. The lowest BCUT2D eigenvalue weighted by Crippen LogP contribution is -2.42. The Morgan fingerprint density at radius 3 is 2.54 bits per heavy atom. The SMILES string of the molecule is Cc1cc2nc(NC(=O)[C@H]3[C@@H](C(=O)[O-])[C@H]4C=C[C@H]3C4)sc2cc1C. The van der Waals surface area contributed by atoms with E-state index in [0.29, 0.717) is 5.13 Å². The minimum Gasteiger partial charge on any atom is -0.550 e. The lowest BCUT2D eigenvalue weighted by Gasteiger charge is -2.27. The largest absolute Gasteiger partial charge is 0.550 e. The van der Waals surface area contributed by atoms with Crippen molar-refractivity contribution in [1.29, 1.82) is 0 Å². The third-order valence-corrected chi connectivity index (χ3v) is 6.20. The van der Waals surface area contributed by atoms with Gasteiger partial charge < -0.3 is 15.2 Å². The Morgan fingerprint density at radius 1 is 1.17 bits per heavy atom. The van der Waals surface area contributed by atoms with Crippen LogP contribution in [0.1, 0.15) is 17.5 Å². The fraction of sp³-hybridized carbons (Fsp3) is 0.389. The molecule has 4 rings (SSSR count). The third kappa shape index (κ3) is 2.33. The Morgan fingerprint density at radius 2 is 1.83 bits per heavy atom. The normalized spacial score (nSPS) is 27.8. The molecule has 1 aromatic carbocycles. The predicted octanol–water partition coefficient (Wildman–Crippen LogP) is 2.04. The van der Waals surface area contributed by atoms with Crippen molar-refractivity contribution in [3.8, 4) is 0 Å². The molecule has 0 aliphatic heterocycles. The van der Waals surface area contributed by atoms with Gasteiger partial charge in [-0.2, -0.15) is 0 Å². The number of fused-ring (bicyclic) bond motifs is 3. The van der Waals surface area contributed by atoms with Crippen molar-refractivity contribution in [3.63, 3.8) is 0 Å². The highest BCUT2D eigenvalue weighted by Gasteiger charge is 2.48. The van der Waals surface area contributed by atoms with Gasteiger partial charge in [0.15, 0.2) is 5.13 Å². The number of benzene rings is 1. The number of carbonyl (C=O) groups excluding carboxylic acids is 2. The Balaban J connectivity index is 1.60. The van der Waals surface area contributed by atoms with Gasteiger partial charge in [-0.25, -0.2) is 4.98 Å². The number of aromatic nitrogens is 1. The number of aryl methyl sites for hydroxylation is 2. The highest BCUT2D eigenvalue weighted by molar-refractivity contribution is 7.22. The van der Waals surface area contributed by atoms with Crippen LogP contribution in [-0.4, -0.2) is 16.9 Å². The zero-order valence-corrected chi connectivity index (χ0v) is 14.2. The third-order valence-electron chi connectivity index (χ3n) is 5.27. The molecular formula is C18H17N2O3S-. The van der Waals surface area contributed by atoms with E-state index in [0.717, 1.165) is 22.2 Å². The van der Waals surface area contributed by atoms with Crippen LogP contribution in [0.2, 0.25) is 0 Å². The number of nitrogens with zero attached hydrogens (tertiary/aromatic N) is 1. The zero-order valence-electron chi connectivity index (χ0n) is 13.4. The Labute approximate surface area is 143 Å². The summed E-state index contributed by atoms with van der Waals surface area (Å²) in [5, 5.41) is 14.8. The number of carbonyl (C=O) groups is 2. The van der Waals surface area contributed by atoms with E-state index in [4.69, 9.17) is 0 Å². The molecule has 2 aliphatic rings. The van der Waals surface area contributed by atoms with Crippen LogP contribution in [0, 0.1) is 37.5 Å². The Hall–Kier alpha value is -2.21. The fourth-order valence-corrected chi connectivity index (χ4v) is 4.87. The van der Waals surface area contributed by atoms with E-state index in [2.05, 4.69) is 16.4 Å². The number of allylic oxidation sites excluding steroid dienone is 2. The first-order valence-electron chi connectivity index (χ1n) is 8.02. The minimum absolute atomic E-state index is 0.0169. The average molecular weight is 341 g/mol. The Bertz CT molecular complexity index is 847. The smallest absolute Gasteiger partial charge is 0.230 e. The molecule has 0 unspecified atom stereocenters. The molecule has 2 aromatic rings. The van der Waals surface area contributed by atoms with E-state index in [1.807, 2.05) is 32.1 Å². The van der Waals surface area contributed by atoms with Gasteiger partial charge in [-0.1, -0.05) is 23.5 Å². The summed E-state index contributed by atoms with van der Waals surface area (Å²) in [4.78, 5) is 28.6. The molecular weight excluding hydrogens is 324 g/mol. The molecule has 24 heavy (non-hydrogen) atoms. The molecule has 4 atom stereocenters. The molecule has 124 valence electrons. The highest BCUT2D eigenvalue weighted by atomic mass is 32.1. The lowest BCUT2D eigenvalue weighted by atomic mass is 9.82. The van der Waals surface area contributed by atoms with Gasteiger partial charge >= 0.3 is 0 Å². The van der Waals surface area contributed by atoms with Gasteiger partial charge in [-0.3, -0.25) is 4.79 Å². The number of aliphatic carboxylic acids is 1. The lowest BCUT2D eigenvalue weighted by molar-refractivity contribution is -0.313. The number of hydrogen-bond donors (Lipinski definition) is 1. The molecule has 1 N–H and O–H groups in total. The maximum Gasteiger partial charge on any atom is 0.230 e. The van der Waals surface area contributed by atoms with Crippen LogP contribution in [0.3, 0.4) is 0 Å². The van der Waals surface area contributed by atoms with E-state index in [1.54, 1.807) is 0 Å². The first-order valence-corrected chi connectivity index (χ1v) is 8.83. The van der Waals surface area contributed by atoms with Crippen LogP contribution >= 0.6 is 11.3 Å². The summed E-state index contributed by atoms with van der Waals surface area (Å²) < 4.78 is 1.01. The van der Waals surface area contributed by atoms with Crippen molar-refractivity contribution in [1.82, 2.24) is 4.98 Å². The summed E-state index contributed by atoms with van der Waals surface area (Å²) in [5.41, 5.74) is 3.18. The van der Waals surface area contributed by atoms with Gasteiger partial charge in [0.1, 0.15) is 0 Å². The number of nitrogens with one attached hydrogen (secondary N) is 1. The van der Waals surface area contributed by atoms with Crippen LogP contribution < -0.4 is 10.4 Å². The second-order valence-corrected chi connectivity index (χ2v) is 7.76. The highest BCUT2D eigenvalue weighted by Crippen LogP contribution is 2.48. The van der Waals surface area contributed by atoms with Crippen LogP contribution in [0.5, 0.6) is 0 Å². The number of carboxylic acids is 1. The second-order valence-electron chi connectivity index (χ2n) is 6.73. The zero-order chi connectivity index (χ0) is 17.0. The number of amides is 1. The summed E-state index contributed by atoms with van der Waals surface area (Å²) in [6.45, 7) is 4.07. The van der Waals surface area contributed by atoms with E-state index in [-0.39, 0.29) is 17.7 Å². The second kappa shape index (κ2) is 5.41. The van der Waals surface area contributed by atoms with Gasteiger partial charge in [-0.15, -0.1) is 0 Å². The summed E-state index contributed by atoms with van der Waals surface area (Å²) in [6, 6.07) is 4.06. The first kappa shape index (κ1) is 15.3. The molecule has 1 amide bonds. The quantitative estimate of drug-likeness (QED) is 0.866. The molecule has 2 bridgehead atoms. The molecule has 6 heteroatoms. The maximum absolute atomic E-state index is 12.7. The van der Waals surface area contributed by atoms with Gasteiger partial charge in [0.2, 0.25) is 5.91 Å². The van der Waals surface area contributed by atoms with Crippen LogP contribution in [0.15, 0.2) is 24.3 Å². The average Bonchev–Trinajstić information content (AvgIpc) is 3.20. The molecule has 1 saturated carbocycles. The molecule has 5 nitrogen and oxygen atoms in total. The predicted molar refractivity (Wildman–Crippen MR) is 90.4 cm³/mol. The summed E-state index contributed by atoms with van der Waals surface area (Å²) in [5.74, 6) is -2.82. The van der Waals surface area contributed by atoms with Crippen molar-refractivity contribution in [2.75, 3.05) is 5.32 Å². The topological polar surface area (TPSA) is 82.1 Å². The first-order chi connectivity index (χ1) is 11.4. The number of rotatable bonds is 3. The van der Waals surface area contributed by atoms with Crippen molar-refractivity contribution in [2.45, 2.75) is 20.3 Å². The van der Waals surface area contributed by atoms with Crippen LogP contribution in [-0.2, 0) is 9.59 Å². The van der Waals surface area contributed by atoms with E-state index in [1.165, 1.54) is 16.9 Å². The summed E-state index contributed by atoms with van der Waals surface area (Å²) in [7, 11) is 0. The van der Waals surface area contributed by atoms with Crippen molar-refractivity contribution < 1.29 is 14.7 Å². The molecule has 0 saturated heterocycles. The van der Waals surface area contributed by atoms with E-state index in [9.17, 15) is 14.7 Å². The Kier molecular flexibility index (Phi) is 3.46. The molecule has 1 fully saturated rings. The fourth-order valence-electron chi connectivity index (χ4n) is 3.92. The van der Waals surface area contributed by atoms with Crippen molar-refractivity contribution >= 4 is 38.6 Å². The van der Waals surface area contributed by atoms with Gasteiger partial charge in [0.25, 0.3) is 0 Å². The van der Waals surface area contributed by atoms with Gasteiger partial charge in [0, 0.05) is 11.9 Å². The number of carboxylic acid groups (broad SMARTS) is 1. The monoisotopic (exact) mass is 341 g/mol. The number of hydrogen-bond acceptors (Lipinski definition) is 5. The van der Waals surface area contributed by atoms with Gasteiger partial charge in [0.05, 0.1) is 16.1 Å². The van der Waals surface area contributed by atoms with Crippen molar-refractivity contribution in [2.24, 2.45) is 23.7 Å². The van der Waals surface area contributed by atoms with Crippen LogP contribution in [0.25, 0.3) is 10.2 Å². The maximum atomic E-state index is 12.7. The van der Waals surface area contributed by atoms with Crippen molar-refractivity contribution in [3.05, 3.63) is 35.4 Å². The molecule has 0 radical (unpaired) electrons. The molecule has 2 aliphatic carbocycles. The standard InChI is InChI=1S/C18H18N2O3S/c1-8-5-12-13(6-9(8)2)24-18(19-12)20-16(21)14-10-3-4-11(7-10)15(14)17(22)23/h3-6,10-11,14-15H,7H2,1-2H3,(H,22,23)(H,19,20,21)/p-1/t10-,11-,14+,15-/m0/s1. The van der Waals surface area contributed by atoms with E-state index < -0.39 is 17.8 Å². The van der Waals surface area contributed by atoms with Crippen LogP contribution in [0.4, 0.5) is 5.13 Å². The number of anilines is 1.